The summed E-state index contributed by atoms with van der Waals surface area (Å²) in [5.41, 5.74) is 6.14. The number of carbonyl (C=O) groups excluding carboxylic acids is 2. The Morgan fingerprint density at radius 3 is 2.15 bits per heavy atom. The van der Waals surface area contributed by atoms with E-state index in [1.54, 1.807) is 5.48 Å². The summed E-state index contributed by atoms with van der Waals surface area (Å²) in [4.78, 5) is 25.5. The molecule has 46 heavy (non-hydrogen) atoms. The lowest BCUT2D eigenvalue weighted by Crippen LogP contribution is -2.43. The first-order valence-corrected chi connectivity index (χ1v) is 16.0. The number of rotatable bonds is 16. The predicted octanol–water partition coefficient (Wildman–Crippen LogP) is 4.85. The molecule has 0 aliphatic carbocycles. The molecule has 0 spiro atoms. The minimum absolute atomic E-state index is 0.0229. The van der Waals surface area contributed by atoms with Crippen LogP contribution in [-0.4, -0.2) is 57.9 Å². The van der Waals surface area contributed by atoms with Crippen LogP contribution < -0.4 is 10.8 Å². The van der Waals surface area contributed by atoms with Crippen LogP contribution in [0.5, 0.6) is 0 Å². The highest BCUT2D eigenvalue weighted by molar-refractivity contribution is 5.76. The van der Waals surface area contributed by atoms with Crippen LogP contribution in [0.25, 0.3) is 0 Å². The van der Waals surface area contributed by atoms with Gasteiger partial charge in [0, 0.05) is 44.0 Å². The number of hydrogen-bond donors (Lipinski definition) is 5. The molecule has 5 N–H and O–H groups in total. The second-order valence-corrected chi connectivity index (χ2v) is 12.0. The molecule has 1 fully saturated rings. The molecule has 3 aromatic carbocycles. The van der Waals surface area contributed by atoms with Gasteiger partial charge in [-0.25, -0.2) is 5.48 Å². The van der Waals surface area contributed by atoms with Crippen LogP contribution >= 0.6 is 0 Å². The number of likely N-dealkylation sites (N-methyl/N-ethyl adjacent to an activating group) is 1. The molecule has 0 radical (unpaired) electrons. The number of aliphatic hydroxyl groups is 2. The molecule has 0 aromatic heterocycles. The highest BCUT2D eigenvalue weighted by atomic mass is 16.7. The average molecular weight is 634 g/mol. The van der Waals surface area contributed by atoms with Gasteiger partial charge in [-0.05, 0) is 49.1 Å². The molecule has 0 saturated carbocycles. The van der Waals surface area contributed by atoms with Gasteiger partial charge < -0.3 is 25.0 Å². The maximum absolute atomic E-state index is 12.3. The first kappa shape index (κ1) is 35.2. The molecule has 10 heteroatoms. The van der Waals surface area contributed by atoms with Gasteiger partial charge in [-0.15, -0.1) is 0 Å². The Balaban J connectivity index is 1.37. The number of benzene rings is 3. The summed E-state index contributed by atoms with van der Waals surface area (Å²) in [6.45, 7) is 2.98. The van der Waals surface area contributed by atoms with Gasteiger partial charge >= 0.3 is 0 Å². The largest absolute Gasteiger partial charge is 0.392 e. The number of carbonyl (C=O) groups is 2. The van der Waals surface area contributed by atoms with Crippen LogP contribution in [0.1, 0.15) is 91.8 Å². The van der Waals surface area contributed by atoms with Gasteiger partial charge in [0.25, 0.3) is 0 Å². The van der Waals surface area contributed by atoms with E-state index in [-0.39, 0.29) is 37.2 Å². The van der Waals surface area contributed by atoms with Crippen LogP contribution in [0.4, 0.5) is 0 Å². The third kappa shape index (κ3) is 10.4. The first-order valence-electron chi connectivity index (χ1n) is 16.0. The minimum Gasteiger partial charge on any atom is -0.392 e. The molecule has 0 bridgehead atoms. The molecular formula is C36H47N3O7. The molecule has 248 valence electrons. The summed E-state index contributed by atoms with van der Waals surface area (Å²) >= 11 is 0. The van der Waals surface area contributed by atoms with Gasteiger partial charge in [-0.3, -0.25) is 19.7 Å². The Bertz CT molecular complexity index is 1350. The summed E-state index contributed by atoms with van der Waals surface area (Å²) in [5.74, 6) is -0.469. The van der Waals surface area contributed by atoms with E-state index in [9.17, 15) is 19.8 Å². The van der Waals surface area contributed by atoms with Crippen LogP contribution in [0.15, 0.2) is 78.9 Å². The standard InChI is InChI=1S/C36H47N3O7/c1-25(35(43)29-9-5-3-6-10-29)39(2)23-31-21-32(28-17-15-27(24-40)16-18-28)46-36(45-31)30-19-13-26(14-20-30)22-37-33(41)11-7-4-8-12-34(42)38-44/h3,5-6,9-10,13-20,25,31-32,35-36,40,43-44H,4,7-8,11-12,21-24H2,1-2H3,(H,37,41)(H,38,42)/t25-,31-,32+,35-,36+/m1/s1. The van der Waals surface area contributed by atoms with Crippen molar-refractivity contribution in [2.45, 2.75) is 89.2 Å². The predicted molar refractivity (Wildman–Crippen MR) is 173 cm³/mol. The maximum atomic E-state index is 12.3. The van der Waals surface area contributed by atoms with Crippen LogP contribution in [0.3, 0.4) is 0 Å². The van der Waals surface area contributed by atoms with Crippen molar-refractivity contribution in [3.05, 3.63) is 107 Å². The Morgan fingerprint density at radius 2 is 1.50 bits per heavy atom. The van der Waals surface area contributed by atoms with E-state index in [2.05, 4.69) is 10.2 Å². The van der Waals surface area contributed by atoms with E-state index in [0.29, 0.717) is 38.8 Å². The molecule has 1 aliphatic rings. The molecule has 1 heterocycles. The van der Waals surface area contributed by atoms with Crippen molar-refractivity contribution in [1.29, 1.82) is 0 Å². The number of hydroxylamine groups is 1. The van der Waals surface area contributed by atoms with E-state index in [1.165, 1.54) is 0 Å². The fourth-order valence-corrected chi connectivity index (χ4v) is 5.58. The average Bonchev–Trinajstić information content (AvgIpc) is 3.10. The van der Waals surface area contributed by atoms with E-state index in [1.807, 2.05) is 92.8 Å². The van der Waals surface area contributed by atoms with E-state index in [0.717, 1.165) is 34.2 Å². The highest BCUT2D eigenvalue weighted by Gasteiger charge is 2.34. The molecule has 4 rings (SSSR count). The summed E-state index contributed by atoms with van der Waals surface area (Å²) < 4.78 is 13.0. The molecule has 1 aliphatic heterocycles. The number of nitrogens with zero attached hydrogens (tertiary/aromatic N) is 1. The van der Waals surface area contributed by atoms with Gasteiger partial charge in [-0.2, -0.15) is 0 Å². The first-order chi connectivity index (χ1) is 22.3. The number of amides is 2. The Morgan fingerprint density at radius 1 is 0.870 bits per heavy atom. The molecule has 1 saturated heterocycles. The van der Waals surface area contributed by atoms with Gasteiger partial charge in [0.05, 0.1) is 24.9 Å². The van der Waals surface area contributed by atoms with Crippen molar-refractivity contribution in [3.63, 3.8) is 0 Å². The molecule has 5 atom stereocenters. The second-order valence-electron chi connectivity index (χ2n) is 12.0. The van der Waals surface area contributed by atoms with Crippen molar-refractivity contribution < 1.29 is 34.5 Å². The number of unbranched alkanes of at least 4 members (excludes halogenated alkanes) is 2. The van der Waals surface area contributed by atoms with Crippen molar-refractivity contribution >= 4 is 11.8 Å². The zero-order chi connectivity index (χ0) is 32.9. The minimum atomic E-state index is -0.642. The SMILES string of the molecule is C[C@H]([C@@H](O)c1ccccc1)N(C)C[C@H]1C[C@@H](c2ccc(CO)cc2)O[C@@H](c2ccc(CNC(=O)CCCCCC(=O)NO)cc2)O1. The van der Waals surface area contributed by atoms with Crippen LogP contribution in [0.2, 0.25) is 0 Å². The zero-order valence-corrected chi connectivity index (χ0v) is 26.7. The smallest absolute Gasteiger partial charge is 0.243 e. The quantitative estimate of drug-likeness (QED) is 0.0857. The van der Waals surface area contributed by atoms with Gasteiger partial charge in [0.15, 0.2) is 6.29 Å². The Hall–Kier alpha value is -3.64. The summed E-state index contributed by atoms with van der Waals surface area (Å²) in [7, 11) is 1.99. The topological polar surface area (TPSA) is 141 Å². The van der Waals surface area contributed by atoms with Crippen molar-refractivity contribution in [2.75, 3.05) is 13.6 Å². The molecule has 0 unspecified atom stereocenters. The lowest BCUT2D eigenvalue weighted by atomic mass is 9.98. The summed E-state index contributed by atoms with van der Waals surface area (Å²) in [5, 5.41) is 32.0. The van der Waals surface area contributed by atoms with Crippen molar-refractivity contribution in [1.82, 2.24) is 15.7 Å². The molecule has 2 amide bonds. The van der Waals surface area contributed by atoms with E-state index < -0.39 is 18.3 Å². The summed E-state index contributed by atoms with van der Waals surface area (Å²) in [6, 6.07) is 25.1. The van der Waals surface area contributed by atoms with Crippen LogP contribution in [-0.2, 0) is 32.2 Å². The van der Waals surface area contributed by atoms with Gasteiger partial charge in [0.2, 0.25) is 11.8 Å². The molecule has 3 aromatic rings. The maximum Gasteiger partial charge on any atom is 0.243 e. The third-order valence-corrected chi connectivity index (χ3v) is 8.57. The number of hydrogen-bond acceptors (Lipinski definition) is 8. The fourth-order valence-electron chi connectivity index (χ4n) is 5.58. The number of nitrogens with one attached hydrogen (secondary N) is 2. The highest BCUT2D eigenvalue weighted by Crippen LogP contribution is 2.38. The normalized spacial score (nSPS) is 19.4. The monoisotopic (exact) mass is 633 g/mol. The van der Waals surface area contributed by atoms with Crippen LogP contribution in [0, 0.1) is 0 Å². The zero-order valence-electron chi connectivity index (χ0n) is 26.7. The lowest BCUT2D eigenvalue weighted by molar-refractivity contribution is -0.253. The fraction of sp³-hybridized carbons (Fsp3) is 0.444. The summed E-state index contributed by atoms with van der Waals surface area (Å²) in [6.07, 6.45) is 1.61. The van der Waals surface area contributed by atoms with Crippen molar-refractivity contribution in [2.24, 2.45) is 0 Å². The lowest BCUT2D eigenvalue weighted by Gasteiger charge is -2.39. The van der Waals surface area contributed by atoms with Gasteiger partial charge in [0.1, 0.15) is 0 Å². The Kier molecular flexibility index (Phi) is 13.7. The van der Waals surface area contributed by atoms with Crippen molar-refractivity contribution in [3.8, 4) is 0 Å². The molecular weight excluding hydrogens is 586 g/mol. The van der Waals surface area contributed by atoms with Gasteiger partial charge in [-0.1, -0.05) is 85.3 Å². The molecule has 10 nitrogen and oxygen atoms in total. The number of aliphatic hydroxyl groups excluding tert-OH is 2. The number of ether oxygens (including phenoxy) is 2. The van der Waals surface area contributed by atoms with E-state index >= 15 is 0 Å². The second kappa shape index (κ2) is 17.9. The Labute approximate surface area is 271 Å². The van der Waals surface area contributed by atoms with E-state index in [4.69, 9.17) is 14.7 Å². The third-order valence-electron chi connectivity index (χ3n) is 8.57.